The fraction of sp³-hybridized carbons (Fsp3) is 0.954. The molecule has 0 aliphatic rings. The minimum absolute atomic E-state index is 0.108. The Morgan fingerprint density at radius 2 is 0.434 bits per heavy atom. The lowest BCUT2D eigenvalue weighted by atomic mass is 10.0. The first kappa shape index (κ1) is 104. The van der Waals surface area contributed by atoms with Gasteiger partial charge in [0, 0.05) is 25.7 Å². The predicted octanol–water partition coefficient (Wildman–Crippen LogP) is 26.6. The first-order valence-corrected chi connectivity index (χ1v) is 48.0. The Morgan fingerprint density at radius 1 is 0.255 bits per heavy atom. The minimum Gasteiger partial charge on any atom is -0.462 e. The molecule has 19 heteroatoms. The molecular weight excluding hydrogens is 1380 g/mol. The van der Waals surface area contributed by atoms with Crippen molar-refractivity contribution in [1.82, 2.24) is 0 Å². The zero-order chi connectivity index (χ0) is 77.8. The van der Waals surface area contributed by atoms with Crippen molar-refractivity contribution in [3.63, 3.8) is 0 Å². The molecule has 3 N–H and O–H groups in total. The van der Waals surface area contributed by atoms with Crippen molar-refractivity contribution in [1.29, 1.82) is 0 Å². The number of aliphatic hydroxyl groups is 1. The smallest absolute Gasteiger partial charge is 0.462 e. The van der Waals surface area contributed by atoms with Crippen LogP contribution in [0.4, 0.5) is 0 Å². The summed E-state index contributed by atoms with van der Waals surface area (Å²) in [6.45, 7) is 9.66. The molecule has 2 unspecified atom stereocenters. The van der Waals surface area contributed by atoms with Gasteiger partial charge in [0.1, 0.15) is 19.3 Å². The van der Waals surface area contributed by atoms with Gasteiger partial charge in [-0.25, -0.2) is 9.13 Å². The lowest BCUT2D eigenvalue weighted by Gasteiger charge is -2.21. The van der Waals surface area contributed by atoms with E-state index in [0.29, 0.717) is 31.6 Å². The number of ether oxygens (including phenoxy) is 4. The fourth-order valence-corrected chi connectivity index (χ4v) is 15.2. The minimum atomic E-state index is -4.97. The molecule has 0 saturated heterocycles. The van der Waals surface area contributed by atoms with Crippen LogP contribution in [0, 0.1) is 11.8 Å². The Morgan fingerprint density at radius 3 is 0.642 bits per heavy atom. The topological polar surface area (TPSA) is 237 Å². The van der Waals surface area contributed by atoms with Gasteiger partial charge in [0.2, 0.25) is 0 Å². The predicted molar refractivity (Wildman–Crippen MR) is 437 cm³/mol. The van der Waals surface area contributed by atoms with E-state index in [9.17, 15) is 43.2 Å². The summed E-state index contributed by atoms with van der Waals surface area (Å²) in [7, 11) is -9.93. The molecule has 0 aromatic carbocycles. The highest BCUT2D eigenvalue weighted by atomic mass is 31.2. The van der Waals surface area contributed by atoms with Crippen LogP contribution in [0.2, 0.25) is 0 Å². The van der Waals surface area contributed by atoms with Crippen LogP contribution in [-0.2, 0) is 65.4 Å². The van der Waals surface area contributed by atoms with E-state index in [0.717, 1.165) is 102 Å². The van der Waals surface area contributed by atoms with Gasteiger partial charge in [0.25, 0.3) is 0 Å². The van der Waals surface area contributed by atoms with Gasteiger partial charge in [-0.1, -0.05) is 414 Å². The highest BCUT2D eigenvalue weighted by Crippen LogP contribution is 2.45. The largest absolute Gasteiger partial charge is 0.472 e. The van der Waals surface area contributed by atoms with Crippen molar-refractivity contribution in [3.05, 3.63) is 0 Å². The molecule has 5 atom stereocenters. The molecule has 0 radical (unpaired) electrons. The molecule has 0 rings (SSSR count). The van der Waals surface area contributed by atoms with Crippen molar-refractivity contribution < 1.29 is 80.2 Å². The Kier molecular flexibility index (Phi) is 76.9. The highest BCUT2D eigenvalue weighted by Gasteiger charge is 2.30. The van der Waals surface area contributed by atoms with Crippen LogP contribution >= 0.6 is 15.6 Å². The molecule has 0 bridgehead atoms. The average molecular weight is 1550 g/mol. The van der Waals surface area contributed by atoms with Crippen molar-refractivity contribution >= 4 is 39.5 Å². The number of carbonyl (C=O) groups excluding carboxylic acids is 4. The van der Waals surface area contributed by atoms with Crippen LogP contribution in [0.15, 0.2) is 0 Å². The second-order valence-electron chi connectivity index (χ2n) is 32.2. The number of unbranched alkanes of at least 4 members (excludes halogenated alkanes) is 56. The molecule has 0 aliphatic heterocycles. The molecule has 630 valence electrons. The van der Waals surface area contributed by atoms with Gasteiger partial charge in [0.05, 0.1) is 26.4 Å². The summed E-state index contributed by atoms with van der Waals surface area (Å²) in [4.78, 5) is 73.2. The normalized spacial score (nSPS) is 13.8. The van der Waals surface area contributed by atoms with Crippen LogP contribution in [0.25, 0.3) is 0 Å². The van der Waals surface area contributed by atoms with E-state index in [4.69, 9.17) is 37.0 Å². The third kappa shape index (κ3) is 80.1. The first-order valence-electron chi connectivity index (χ1n) is 45.0. The third-order valence-corrected chi connectivity index (χ3v) is 22.4. The second kappa shape index (κ2) is 78.3. The quantitative estimate of drug-likeness (QED) is 0.0222. The standard InChI is InChI=1S/C87H170O17P2/c1-7-9-11-13-15-17-19-21-23-25-30-33-37-41-45-51-57-63-69-84(89)97-75-82(103-86(91)71-66-60-53-47-43-39-35-31-27-26-29-32-36-40-44-49-55-61-67-79(3)4)77-101-105(93,94)99-73-81(88)74-100-106(95,96)102-78-83(76-98-85(90)70-64-58-54-48-50-56-62-68-80(5)6)104-87(92)72-65-59-52-46-42-38-34-28-24-22-20-18-16-14-12-10-8-2/h79-83,88H,7-78H2,1-6H3,(H,93,94)(H,95,96)/t81-,82-,83-/m1/s1. The number of rotatable bonds is 86. The number of hydrogen-bond donors (Lipinski definition) is 3. The molecule has 0 aromatic rings. The fourth-order valence-electron chi connectivity index (χ4n) is 13.6. The Bertz CT molecular complexity index is 2030. The second-order valence-corrected chi connectivity index (χ2v) is 35.1. The van der Waals surface area contributed by atoms with Crippen molar-refractivity contribution in [2.24, 2.45) is 11.8 Å². The molecule has 0 amide bonds. The van der Waals surface area contributed by atoms with Gasteiger partial charge >= 0.3 is 39.5 Å². The van der Waals surface area contributed by atoms with Gasteiger partial charge in [0.15, 0.2) is 12.2 Å². The maximum absolute atomic E-state index is 13.2. The summed E-state index contributed by atoms with van der Waals surface area (Å²) in [5.41, 5.74) is 0. The van der Waals surface area contributed by atoms with Crippen LogP contribution in [0.1, 0.15) is 465 Å². The van der Waals surface area contributed by atoms with Gasteiger partial charge in [-0.3, -0.25) is 37.3 Å². The zero-order valence-electron chi connectivity index (χ0n) is 69.7. The summed E-state index contributed by atoms with van der Waals surface area (Å²) in [6.07, 6.45) is 71.0. The van der Waals surface area contributed by atoms with E-state index in [-0.39, 0.29) is 25.7 Å². The third-order valence-electron chi connectivity index (χ3n) is 20.5. The maximum atomic E-state index is 13.2. The molecule has 0 aliphatic carbocycles. The van der Waals surface area contributed by atoms with Gasteiger partial charge in [-0.05, 0) is 37.5 Å². The number of carbonyl (C=O) groups is 4. The number of hydrogen-bond acceptors (Lipinski definition) is 15. The Labute approximate surface area is 651 Å². The summed E-state index contributed by atoms with van der Waals surface area (Å²) < 4.78 is 68.9. The van der Waals surface area contributed by atoms with Gasteiger partial charge in [-0.15, -0.1) is 0 Å². The van der Waals surface area contributed by atoms with Gasteiger partial charge < -0.3 is 33.8 Å². The van der Waals surface area contributed by atoms with E-state index in [1.54, 1.807) is 0 Å². The monoisotopic (exact) mass is 1550 g/mol. The van der Waals surface area contributed by atoms with Crippen molar-refractivity contribution in [3.8, 4) is 0 Å². The van der Waals surface area contributed by atoms with Gasteiger partial charge in [-0.2, -0.15) is 0 Å². The molecule has 0 aromatic heterocycles. The molecule has 0 fully saturated rings. The van der Waals surface area contributed by atoms with E-state index in [1.807, 2.05) is 0 Å². The first-order chi connectivity index (χ1) is 51.4. The van der Waals surface area contributed by atoms with Crippen LogP contribution in [-0.4, -0.2) is 96.7 Å². The lowest BCUT2D eigenvalue weighted by Crippen LogP contribution is -2.30. The Balaban J connectivity index is 5.22. The summed E-state index contributed by atoms with van der Waals surface area (Å²) in [6, 6.07) is 0. The summed E-state index contributed by atoms with van der Waals surface area (Å²) >= 11 is 0. The lowest BCUT2D eigenvalue weighted by molar-refractivity contribution is -0.161. The number of esters is 4. The number of phosphoric acid groups is 2. The van der Waals surface area contributed by atoms with E-state index in [2.05, 4.69) is 41.5 Å². The van der Waals surface area contributed by atoms with Crippen LogP contribution in [0.3, 0.4) is 0 Å². The van der Waals surface area contributed by atoms with E-state index >= 15 is 0 Å². The molecule has 0 saturated carbocycles. The summed E-state index contributed by atoms with van der Waals surface area (Å²) in [5.74, 6) is -0.576. The Hall–Kier alpha value is -1.94. The van der Waals surface area contributed by atoms with Crippen LogP contribution in [0.5, 0.6) is 0 Å². The molecule has 0 heterocycles. The number of phosphoric ester groups is 2. The number of aliphatic hydroxyl groups excluding tert-OH is 1. The zero-order valence-corrected chi connectivity index (χ0v) is 71.5. The molecule has 0 spiro atoms. The maximum Gasteiger partial charge on any atom is 0.472 e. The SMILES string of the molecule is CCCCCCCCCCCCCCCCCCCCC(=O)OC[C@H](COP(=O)(O)OC[C@@H](O)COP(=O)(O)OC[C@@H](COC(=O)CCCCCCCCCC(C)C)OC(=O)CCCCCCCCCCCCCCCCCCC)OC(=O)CCCCCCCCCCCCCCCCCCCCC(C)C. The van der Waals surface area contributed by atoms with Crippen molar-refractivity contribution in [2.75, 3.05) is 39.6 Å². The van der Waals surface area contributed by atoms with E-state index in [1.165, 1.54) is 276 Å². The highest BCUT2D eigenvalue weighted by molar-refractivity contribution is 7.47. The summed E-state index contributed by atoms with van der Waals surface area (Å²) in [5, 5.41) is 10.7. The average Bonchev–Trinajstić information content (AvgIpc) is 0.902. The molecule has 106 heavy (non-hydrogen) atoms. The molecular formula is C87H170O17P2. The van der Waals surface area contributed by atoms with Crippen LogP contribution < -0.4 is 0 Å². The molecule has 17 nitrogen and oxygen atoms in total. The van der Waals surface area contributed by atoms with E-state index < -0.39 is 97.5 Å². The van der Waals surface area contributed by atoms with Crippen molar-refractivity contribution in [2.45, 2.75) is 484 Å².